The Labute approximate surface area is 216 Å². The van der Waals surface area contributed by atoms with E-state index in [4.69, 9.17) is 11.6 Å². The Bertz CT molecular complexity index is 1310. The van der Waals surface area contributed by atoms with Gasteiger partial charge in [0.25, 0.3) is 11.8 Å². The van der Waals surface area contributed by atoms with Crippen LogP contribution in [0.2, 0.25) is 5.28 Å². The van der Waals surface area contributed by atoms with Gasteiger partial charge in [-0.15, -0.1) is 11.8 Å². The second kappa shape index (κ2) is 9.13. The molecule has 2 saturated heterocycles. The molecule has 1 atom stereocenters. The van der Waals surface area contributed by atoms with Gasteiger partial charge in [-0.2, -0.15) is 4.98 Å². The van der Waals surface area contributed by atoms with Crippen LogP contribution in [-0.4, -0.2) is 81.4 Å². The summed E-state index contributed by atoms with van der Waals surface area (Å²) >= 11 is 7.94. The first kappa shape index (κ1) is 23.4. The highest BCUT2D eigenvalue weighted by Crippen LogP contribution is 2.38. The maximum absolute atomic E-state index is 13.1. The Kier molecular flexibility index (Phi) is 5.93. The number of carbonyl (C=O) groups excluding carboxylic acids is 4. The molecule has 4 amide bonds. The van der Waals surface area contributed by atoms with E-state index in [-0.39, 0.29) is 24.0 Å². The minimum Gasteiger partial charge on any atom is -0.353 e. The third kappa shape index (κ3) is 4.04. The number of anilines is 1. The third-order valence-corrected chi connectivity index (χ3v) is 8.34. The van der Waals surface area contributed by atoms with Gasteiger partial charge in [0.15, 0.2) is 0 Å². The van der Waals surface area contributed by atoms with E-state index < -0.39 is 23.8 Å². The topological polar surface area (TPSA) is 116 Å². The van der Waals surface area contributed by atoms with E-state index in [2.05, 4.69) is 25.1 Å². The van der Waals surface area contributed by atoms with Crippen molar-refractivity contribution in [3.05, 3.63) is 45.9 Å². The van der Waals surface area contributed by atoms with Gasteiger partial charge in [-0.1, -0.05) is 6.07 Å². The molecule has 6 rings (SSSR count). The molecule has 36 heavy (non-hydrogen) atoms. The molecule has 0 spiro atoms. The first-order chi connectivity index (χ1) is 17.4. The quantitative estimate of drug-likeness (QED) is 0.467. The number of carbonyl (C=O) groups is 4. The van der Waals surface area contributed by atoms with E-state index in [0.717, 1.165) is 65.2 Å². The van der Waals surface area contributed by atoms with E-state index in [0.29, 0.717) is 17.7 Å². The lowest BCUT2D eigenvalue weighted by Gasteiger charge is -2.36. The summed E-state index contributed by atoms with van der Waals surface area (Å²) in [7, 11) is 0. The number of aromatic nitrogens is 2. The molecule has 2 fully saturated rings. The number of piperazine rings is 1. The lowest BCUT2D eigenvalue weighted by Crippen LogP contribution is -2.54. The molecule has 0 bridgehead atoms. The summed E-state index contributed by atoms with van der Waals surface area (Å²) in [6.45, 7) is 3.86. The van der Waals surface area contributed by atoms with Crippen LogP contribution in [0.1, 0.15) is 44.8 Å². The van der Waals surface area contributed by atoms with Crippen molar-refractivity contribution in [3.63, 3.8) is 0 Å². The molecule has 0 radical (unpaired) electrons. The van der Waals surface area contributed by atoms with Crippen LogP contribution in [0.25, 0.3) is 0 Å². The van der Waals surface area contributed by atoms with Gasteiger partial charge in [0.05, 0.1) is 21.7 Å². The predicted octanol–water partition coefficient (Wildman–Crippen LogP) is 1.50. The molecule has 12 heteroatoms. The van der Waals surface area contributed by atoms with Crippen molar-refractivity contribution in [2.75, 3.05) is 36.8 Å². The average Bonchev–Trinajstić information content (AvgIpc) is 3.42. The summed E-state index contributed by atoms with van der Waals surface area (Å²) < 4.78 is 0. The van der Waals surface area contributed by atoms with E-state index in [9.17, 15) is 19.2 Å². The molecule has 1 aromatic heterocycles. The van der Waals surface area contributed by atoms with Crippen LogP contribution in [0.3, 0.4) is 0 Å². The predicted molar refractivity (Wildman–Crippen MR) is 132 cm³/mol. The van der Waals surface area contributed by atoms with Crippen LogP contribution >= 0.6 is 23.4 Å². The maximum atomic E-state index is 13.1. The summed E-state index contributed by atoms with van der Waals surface area (Å²) in [5.74, 6) is -0.0455. The van der Waals surface area contributed by atoms with Crippen LogP contribution in [-0.2, 0) is 22.6 Å². The van der Waals surface area contributed by atoms with Gasteiger partial charge in [-0.05, 0) is 35.7 Å². The van der Waals surface area contributed by atoms with Crippen molar-refractivity contribution in [2.24, 2.45) is 0 Å². The van der Waals surface area contributed by atoms with Gasteiger partial charge >= 0.3 is 0 Å². The largest absolute Gasteiger partial charge is 0.353 e. The first-order valence-corrected chi connectivity index (χ1v) is 13.3. The molecule has 186 valence electrons. The number of hydrogen-bond acceptors (Lipinski definition) is 9. The third-order valence-electron chi connectivity index (χ3n) is 7.06. The highest BCUT2D eigenvalue weighted by Gasteiger charge is 2.44. The number of hydrogen-bond donors (Lipinski definition) is 1. The molecule has 1 unspecified atom stereocenters. The van der Waals surface area contributed by atoms with Crippen molar-refractivity contribution in [2.45, 2.75) is 36.7 Å². The van der Waals surface area contributed by atoms with Gasteiger partial charge in [-0.25, -0.2) is 4.98 Å². The van der Waals surface area contributed by atoms with E-state index in [1.54, 1.807) is 23.9 Å². The molecule has 4 aliphatic rings. The highest BCUT2D eigenvalue weighted by molar-refractivity contribution is 7.99. The second-order valence-corrected chi connectivity index (χ2v) is 10.7. The average molecular weight is 527 g/mol. The zero-order chi connectivity index (χ0) is 25.0. The molecule has 1 N–H and O–H groups in total. The van der Waals surface area contributed by atoms with Crippen LogP contribution in [0.4, 0.5) is 5.82 Å². The lowest BCUT2D eigenvalue weighted by molar-refractivity contribution is -0.136. The van der Waals surface area contributed by atoms with Crippen LogP contribution < -0.4 is 10.2 Å². The maximum Gasteiger partial charge on any atom is 0.262 e. The molecule has 0 aliphatic carbocycles. The van der Waals surface area contributed by atoms with Crippen LogP contribution in [0, 0.1) is 0 Å². The second-order valence-electron chi connectivity index (χ2n) is 9.28. The van der Waals surface area contributed by atoms with Crippen molar-refractivity contribution >= 4 is 52.8 Å². The van der Waals surface area contributed by atoms with Crippen molar-refractivity contribution in [1.82, 2.24) is 25.1 Å². The number of nitrogens with one attached hydrogen (secondary N) is 1. The van der Waals surface area contributed by atoms with Gasteiger partial charge in [-0.3, -0.25) is 34.3 Å². The Hall–Kier alpha value is -3.02. The normalized spacial score (nSPS) is 22.2. The molecule has 0 saturated carbocycles. The number of amides is 4. The number of fused-ring (bicyclic) bond motifs is 2. The molecular formula is C24H23ClN6O4S. The number of thioether (sulfide) groups is 1. The summed E-state index contributed by atoms with van der Waals surface area (Å²) in [5.41, 5.74) is 2.56. The summed E-state index contributed by atoms with van der Waals surface area (Å²) in [6, 6.07) is 4.32. The van der Waals surface area contributed by atoms with Crippen molar-refractivity contribution < 1.29 is 19.2 Å². The van der Waals surface area contributed by atoms with E-state index in [1.807, 2.05) is 6.07 Å². The van der Waals surface area contributed by atoms with Crippen LogP contribution in [0.15, 0.2) is 23.1 Å². The van der Waals surface area contributed by atoms with Gasteiger partial charge < -0.3 is 4.90 Å². The summed E-state index contributed by atoms with van der Waals surface area (Å²) in [6.07, 6.45) is 1.16. The molecule has 1 aromatic carbocycles. The van der Waals surface area contributed by atoms with Crippen molar-refractivity contribution in [1.29, 1.82) is 0 Å². The van der Waals surface area contributed by atoms with E-state index >= 15 is 0 Å². The SMILES string of the molecule is O=C1CCC(N2C(=O)c3ccc(CN4CCN(c5nc(Cl)nc6c5SCC6)CC4)cc3C2=O)C(=O)N1. The molecule has 5 heterocycles. The first-order valence-electron chi connectivity index (χ1n) is 11.9. The van der Waals surface area contributed by atoms with Gasteiger partial charge in [0, 0.05) is 51.3 Å². The number of halogens is 1. The molecular weight excluding hydrogens is 504 g/mol. The Morgan fingerprint density at radius 3 is 2.56 bits per heavy atom. The molecule has 4 aliphatic heterocycles. The zero-order valence-electron chi connectivity index (χ0n) is 19.3. The van der Waals surface area contributed by atoms with Crippen molar-refractivity contribution in [3.8, 4) is 0 Å². The minimum atomic E-state index is -0.957. The van der Waals surface area contributed by atoms with Gasteiger partial charge in [0.2, 0.25) is 17.1 Å². The summed E-state index contributed by atoms with van der Waals surface area (Å²) in [4.78, 5) is 65.3. The fourth-order valence-electron chi connectivity index (χ4n) is 5.23. The fraction of sp³-hybridized carbons (Fsp3) is 0.417. The summed E-state index contributed by atoms with van der Waals surface area (Å²) in [5, 5.41) is 2.51. The monoisotopic (exact) mass is 526 g/mol. The van der Waals surface area contributed by atoms with Crippen LogP contribution in [0.5, 0.6) is 0 Å². The number of benzene rings is 1. The zero-order valence-corrected chi connectivity index (χ0v) is 20.9. The van der Waals surface area contributed by atoms with E-state index in [1.165, 1.54) is 0 Å². The number of imide groups is 2. The number of aryl methyl sites for hydroxylation is 1. The number of piperidine rings is 1. The Morgan fingerprint density at radius 1 is 1.00 bits per heavy atom. The number of rotatable bonds is 4. The Morgan fingerprint density at radius 2 is 1.78 bits per heavy atom. The minimum absolute atomic E-state index is 0.101. The molecule has 10 nitrogen and oxygen atoms in total. The fourth-order valence-corrected chi connectivity index (χ4v) is 6.53. The molecule has 2 aromatic rings. The highest BCUT2D eigenvalue weighted by atomic mass is 35.5. The number of nitrogens with zero attached hydrogens (tertiary/aromatic N) is 5. The Balaban J connectivity index is 1.13. The standard InChI is InChI=1S/C24H23ClN6O4S/c25-24-26-16-5-10-36-19(16)20(28-24)30-8-6-29(7-9-30)12-13-1-2-14-15(11-13)23(35)31(22(14)34)17-3-4-18(32)27-21(17)33/h1-2,11,17H,3-10,12H2,(H,27,32,33). The van der Waals surface area contributed by atoms with Gasteiger partial charge in [0.1, 0.15) is 11.9 Å². The smallest absolute Gasteiger partial charge is 0.262 e. The lowest BCUT2D eigenvalue weighted by atomic mass is 10.0.